The topological polar surface area (TPSA) is 29.4 Å². The van der Waals surface area contributed by atoms with Crippen molar-refractivity contribution in [3.8, 4) is 22.3 Å². The zero-order chi connectivity index (χ0) is 33.3. The molecule has 0 radical (unpaired) electrons. The van der Waals surface area contributed by atoms with Gasteiger partial charge in [0.1, 0.15) is 5.69 Å². The van der Waals surface area contributed by atoms with Crippen molar-refractivity contribution >= 4 is 61.4 Å². The van der Waals surface area contributed by atoms with E-state index in [-0.39, 0.29) is 17.1 Å². The molecule has 0 bridgehead atoms. The van der Waals surface area contributed by atoms with Gasteiger partial charge in [0.2, 0.25) is 0 Å². The third-order valence-corrected chi connectivity index (χ3v) is 12.5. The average Bonchev–Trinajstić information content (AvgIpc) is 3.56. The van der Waals surface area contributed by atoms with Crippen molar-refractivity contribution in [2.75, 3.05) is 0 Å². The molecule has 2 nitrogen and oxygen atoms in total. The van der Waals surface area contributed by atoms with E-state index in [4.69, 9.17) is 0 Å². The zero-order valence-electron chi connectivity index (χ0n) is 27.6. The fourth-order valence-electron chi connectivity index (χ4n) is 9.01. The monoisotopic (exact) mass is 659 g/mol. The van der Waals surface area contributed by atoms with E-state index in [2.05, 4.69) is 158 Å². The molecule has 1 aliphatic heterocycles. The molecule has 0 saturated carbocycles. The van der Waals surface area contributed by atoms with Crippen molar-refractivity contribution in [2.45, 2.75) is 35.3 Å². The van der Waals surface area contributed by atoms with Crippen molar-refractivity contribution in [1.29, 1.82) is 0 Å². The molecular weight excluding hydrogens is 627 g/mol. The van der Waals surface area contributed by atoms with Crippen molar-refractivity contribution in [3.63, 3.8) is 0 Å². The van der Waals surface area contributed by atoms with E-state index in [0.717, 1.165) is 28.3 Å². The lowest BCUT2D eigenvalue weighted by Crippen LogP contribution is -2.15. The molecule has 3 heteroatoms. The van der Waals surface area contributed by atoms with Gasteiger partial charge in [-0.2, -0.15) is 0 Å². The minimum absolute atomic E-state index is 0.195. The number of fused-ring (bicyclic) bond motifs is 7. The number of rotatable bonds is 4. The SMILES string of the molecule is CC1CC=Cc2c1c(N=O)c1ccccc1c2-c1cccc2c1C1C=CC=C(c3c4ccccc4c(-c4ccccc4)c4ccccc34)C1S2. The third-order valence-electron chi connectivity index (χ3n) is 11.1. The fraction of sp³-hybridized carbons (Fsp3) is 0.106. The van der Waals surface area contributed by atoms with Crippen LogP contribution >= 0.6 is 11.8 Å². The molecule has 0 aromatic heterocycles. The van der Waals surface area contributed by atoms with Crippen LogP contribution in [0.2, 0.25) is 0 Å². The van der Waals surface area contributed by atoms with Crippen molar-refractivity contribution in [3.05, 3.63) is 173 Å². The van der Waals surface area contributed by atoms with E-state index >= 15 is 0 Å². The average molecular weight is 660 g/mol. The van der Waals surface area contributed by atoms with Gasteiger partial charge >= 0.3 is 0 Å². The van der Waals surface area contributed by atoms with Crippen molar-refractivity contribution in [1.82, 2.24) is 0 Å². The number of hydrogen-bond donors (Lipinski definition) is 0. The Labute approximate surface area is 295 Å². The molecular formula is C47H33NOS. The molecule has 7 aromatic carbocycles. The Balaban J connectivity index is 1.20. The van der Waals surface area contributed by atoms with E-state index < -0.39 is 0 Å². The quantitative estimate of drug-likeness (QED) is 0.139. The minimum atomic E-state index is 0.195. The Hall–Kier alpha value is -5.51. The Bertz CT molecular complexity index is 2590. The van der Waals surface area contributed by atoms with Gasteiger partial charge in [-0.15, -0.1) is 16.7 Å². The van der Waals surface area contributed by atoms with Crippen LogP contribution < -0.4 is 0 Å². The minimum Gasteiger partial charge on any atom is -0.145 e. The predicted molar refractivity (Wildman–Crippen MR) is 213 cm³/mol. The second-order valence-electron chi connectivity index (χ2n) is 13.7. The lowest BCUT2D eigenvalue weighted by atomic mass is 9.76. The summed E-state index contributed by atoms with van der Waals surface area (Å²) in [5.74, 6) is 0.412. The Morgan fingerprint density at radius 2 is 1.26 bits per heavy atom. The summed E-state index contributed by atoms with van der Waals surface area (Å²) < 4.78 is 0. The highest BCUT2D eigenvalue weighted by Crippen LogP contribution is 2.58. The van der Waals surface area contributed by atoms with Gasteiger partial charge in [0.15, 0.2) is 0 Å². The zero-order valence-corrected chi connectivity index (χ0v) is 28.5. The summed E-state index contributed by atoms with van der Waals surface area (Å²) in [4.78, 5) is 13.8. The lowest BCUT2D eigenvalue weighted by molar-refractivity contribution is 0.774. The number of allylic oxidation sites excluding steroid dienone is 4. The molecule has 3 atom stereocenters. The van der Waals surface area contributed by atoms with E-state index in [1.807, 2.05) is 17.8 Å². The number of thioether (sulfide) groups is 1. The van der Waals surface area contributed by atoms with Crippen LogP contribution in [0, 0.1) is 4.91 Å². The van der Waals surface area contributed by atoms with E-state index in [0.29, 0.717) is 5.69 Å². The molecule has 1 heterocycles. The molecule has 3 aliphatic rings. The predicted octanol–water partition coefficient (Wildman–Crippen LogP) is 13.6. The van der Waals surface area contributed by atoms with E-state index in [1.54, 1.807) is 0 Å². The summed E-state index contributed by atoms with van der Waals surface area (Å²) in [6, 6.07) is 43.9. The fourth-order valence-corrected chi connectivity index (χ4v) is 10.5. The van der Waals surface area contributed by atoms with Gasteiger partial charge in [0.25, 0.3) is 0 Å². The Kier molecular flexibility index (Phi) is 6.79. The molecule has 10 rings (SSSR count). The summed E-state index contributed by atoms with van der Waals surface area (Å²) >= 11 is 1.99. The molecule has 0 N–H and O–H groups in total. The maximum absolute atomic E-state index is 12.4. The second kappa shape index (κ2) is 11.5. The van der Waals surface area contributed by atoms with Crippen LogP contribution in [0.5, 0.6) is 0 Å². The van der Waals surface area contributed by atoms with E-state index in [1.165, 1.54) is 65.4 Å². The van der Waals surface area contributed by atoms with Gasteiger partial charge in [0.05, 0.1) is 0 Å². The molecule has 0 fully saturated rings. The van der Waals surface area contributed by atoms with Gasteiger partial charge in [-0.25, -0.2) is 0 Å². The van der Waals surface area contributed by atoms with Crippen LogP contribution in [-0.2, 0) is 0 Å². The normalized spacial score (nSPS) is 19.0. The first kappa shape index (κ1) is 29.4. The van der Waals surface area contributed by atoms with Gasteiger partial charge < -0.3 is 0 Å². The molecule has 0 amide bonds. The van der Waals surface area contributed by atoms with Gasteiger partial charge in [-0.1, -0.05) is 153 Å². The summed E-state index contributed by atoms with van der Waals surface area (Å²) in [7, 11) is 0. The Morgan fingerprint density at radius 3 is 1.94 bits per heavy atom. The first-order chi connectivity index (χ1) is 24.7. The molecule has 3 unspecified atom stereocenters. The van der Waals surface area contributed by atoms with E-state index in [9.17, 15) is 4.91 Å². The molecule has 238 valence electrons. The standard InChI is InChI=1S/C47H33NOS/c1-28-14-11-23-36-41(28)46(48-49)35-22-10-9-21-34(35)44(36)37-24-13-27-40-45(37)39-26-12-25-38(47(39)50-40)43-32-19-7-5-17-30(32)42(29-15-3-2-4-16-29)31-18-6-8-20-33(31)43/h2-13,15-28,39,47H,14H2,1H3. The second-order valence-corrected chi connectivity index (χ2v) is 14.9. The number of benzene rings is 7. The Morgan fingerprint density at radius 1 is 0.640 bits per heavy atom. The molecule has 50 heavy (non-hydrogen) atoms. The van der Waals surface area contributed by atoms with Crippen LogP contribution in [0.25, 0.3) is 66.2 Å². The molecule has 2 aliphatic carbocycles. The first-order valence-electron chi connectivity index (χ1n) is 17.5. The summed E-state index contributed by atoms with van der Waals surface area (Å²) in [6.07, 6.45) is 12.5. The highest BCUT2D eigenvalue weighted by atomic mass is 32.2. The van der Waals surface area contributed by atoms with Gasteiger partial charge in [-0.3, -0.25) is 0 Å². The van der Waals surface area contributed by atoms with Crippen molar-refractivity contribution < 1.29 is 0 Å². The van der Waals surface area contributed by atoms with Crippen LogP contribution in [0.3, 0.4) is 0 Å². The molecule has 7 aromatic rings. The molecule has 0 spiro atoms. The van der Waals surface area contributed by atoms with Crippen LogP contribution in [0.1, 0.15) is 47.4 Å². The van der Waals surface area contributed by atoms with Crippen LogP contribution in [0.4, 0.5) is 5.69 Å². The summed E-state index contributed by atoms with van der Waals surface area (Å²) in [5, 5.41) is 11.0. The lowest BCUT2D eigenvalue weighted by Gasteiger charge is -2.28. The largest absolute Gasteiger partial charge is 0.145 e. The summed E-state index contributed by atoms with van der Waals surface area (Å²) in [6.45, 7) is 2.22. The molecule has 0 saturated heterocycles. The van der Waals surface area contributed by atoms with Crippen LogP contribution in [0.15, 0.2) is 156 Å². The van der Waals surface area contributed by atoms with Crippen molar-refractivity contribution in [2.24, 2.45) is 5.18 Å². The maximum atomic E-state index is 12.4. The smallest absolute Gasteiger partial charge is 0.119 e. The van der Waals surface area contributed by atoms with Gasteiger partial charge in [-0.05, 0) is 101 Å². The third kappa shape index (κ3) is 4.23. The van der Waals surface area contributed by atoms with Crippen LogP contribution in [-0.4, -0.2) is 5.25 Å². The number of nitrogens with zero attached hydrogens (tertiary/aromatic N) is 1. The number of nitroso groups, excluding NO2 is 1. The maximum Gasteiger partial charge on any atom is 0.119 e. The first-order valence-corrected chi connectivity index (χ1v) is 18.4. The highest BCUT2D eigenvalue weighted by Gasteiger charge is 2.39. The van der Waals surface area contributed by atoms with Gasteiger partial charge in [0, 0.05) is 21.4 Å². The number of hydrogen-bond acceptors (Lipinski definition) is 3. The summed E-state index contributed by atoms with van der Waals surface area (Å²) in [5.41, 5.74) is 11.9. The highest BCUT2D eigenvalue weighted by molar-refractivity contribution is 8.00.